The summed E-state index contributed by atoms with van der Waals surface area (Å²) in [4.78, 5) is 9.70. The molecule has 0 unspecified atom stereocenters. The van der Waals surface area contributed by atoms with Crippen LogP contribution < -0.4 is 0 Å². The molecule has 6 heteroatoms. The summed E-state index contributed by atoms with van der Waals surface area (Å²) in [6.07, 6.45) is 1.54. The van der Waals surface area contributed by atoms with Gasteiger partial charge < -0.3 is 21.1 Å². The fraction of sp³-hybridized carbons (Fsp3) is 0. The second kappa shape index (κ2) is 8.96. The van der Waals surface area contributed by atoms with Crippen LogP contribution in [0.15, 0.2) is 59.7 Å². The average Bonchev–Trinajstić information content (AvgIpc) is 2.40. The van der Waals surface area contributed by atoms with Crippen LogP contribution in [-0.4, -0.2) is 27.5 Å². The van der Waals surface area contributed by atoms with E-state index in [1.807, 2.05) is 30.3 Å². The van der Waals surface area contributed by atoms with Crippen molar-refractivity contribution in [3.8, 4) is 5.75 Å². The Kier molecular flexibility index (Phi) is 8.05. The minimum Gasteiger partial charge on any atom is -0.870 e. The summed E-state index contributed by atoms with van der Waals surface area (Å²) in [6, 6.07) is 16.1. The summed E-state index contributed by atoms with van der Waals surface area (Å²) in [5.41, 5.74) is 4.93. The van der Waals surface area contributed by atoms with Crippen molar-refractivity contribution in [3.63, 3.8) is 0 Å². The van der Waals surface area contributed by atoms with Crippen LogP contribution in [0, 0.1) is 0 Å². The molecule has 2 aromatic carbocycles. The molecule has 5 nitrogen and oxygen atoms in total. The van der Waals surface area contributed by atoms with Gasteiger partial charge in [0.15, 0.2) is 5.56 Å². The van der Waals surface area contributed by atoms with Crippen molar-refractivity contribution in [2.24, 2.45) is 5.10 Å². The van der Waals surface area contributed by atoms with E-state index in [9.17, 15) is 4.79 Å². The summed E-state index contributed by atoms with van der Waals surface area (Å²) in [7, 11) is 0. The van der Waals surface area contributed by atoms with Gasteiger partial charge in [-0.05, 0) is 11.6 Å². The number of amides is 1. The molecule has 2 rings (SSSR count). The van der Waals surface area contributed by atoms with E-state index in [-0.39, 0.29) is 36.6 Å². The number of carbonyl (C=O) groups excluding carboxylic acids is 1. The van der Waals surface area contributed by atoms with E-state index < -0.39 is 0 Å². The van der Waals surface area contributed by atoms with Gasteiger partial charge in [-0.1, -0.05) is 42.5 Å². The smallest absolute Gasteiger partial charge is 0.870 e. The number of rotatable bonds is 3. The predicted octanol–water partition coefficient (Wildman–Crippen LogP) is 2.20. The molecular weight excluding hydrogens is 310 g/mol. The van der Waals surface area contributed by atoms with Crippen molar-refractivity contribution < 1.29 is 34.9 Å². The minimum absolute atomic E-state index is 0. The van der Waals surface area contributed by atoms with Crippen LogP contribution >= 0.6 is 0 Å². The van der Waals surface area contributed by atoms with Crippen LogP contribution in [0.2, 0.25) is 0 Å². The molecule has 0 radical (unpaired) electrons. The molecule has 0 aliphatic heterocycles. The summed E-state index contributed by atoms with van der Waals surface area (Å²) in [5.74, 6) is -0.0403. The molecule has 0 aromatic heterocycles. The normalized spacial score (nSPS) is 9.40. The molecular formula is C14H14N2O3Zn+2. The van der Waals surface area contributed by atoms with Gasteiger partial charge in [-0.3, -0.25) is 4.79 Å². The molecule has 0 aliphatic rings. The zero-order valence-corrected chi connectivity index (χ0v) is 13.7. The van der Waals surface area contributed by atoms with Crippen LogP contribution in [0.3, 0.4) is 0 Å². The van der Waals surface area contributed by atoms with Crippen molar-refractivity contribution in [1.82, 2.24) is 0 Å². The number of hydrogen-bond donors (Lipinski definition) is 0. The number of para-hydroxylation sites is 1. The van der Waals surface area contributed by atoms with E-state index in [1.54, 1.807) is 30.5 Å². The second-order valence-electron chi connectivity index (χ2n) is 3.62. The van der Waals surface area contributed by atoms with Crippen molar-refractivity contribution in [1.29, 1.82) is 0 Å². The topological polar surface area (TPSA) is 101 Å². The standard InChI is InChI=1S/C14H12N2O2.H2O.Zn/c17-13-9-5-4-8-12(13)14(18)16-15-10-11-6-2-1-3-7-11;;/h1-10H,(H2,16,17,18);1H2;/q;;+2. The summed E-state index contributed by atoms with van der Waals surface area (Å²) in [5, 5.41) is 11.4. The van der Waals surface area contributed by atoms with Crippen LogP contribution in [0.5, 0.6) is 5.75 Å². The quantitative estimate of drug-likeness (QED) is 0.367. The van der Waals surface area contributed by atoms with Crippen molar-refractivity contribution >= 4 is 12.1 Å². The van der Waals surface area contributed by atoms with E-state index in [0.29, 0.717) is 5.56 Å². The van der Waals surface area contributed by atoms with Crippen molar-refractivity contribution in [3.05, 3.63) is 71.1 Å². The van der Waals surface area contributed by atoms with Gasteiger partial charge in [0.25, 0.3) is 11.7 Å². The molecule has 20 heavy (non-hydrogen) atoms. The molecule has 0 heterocycles. The third kappa shape index (κ3) is 4.92. The zero-order chi connectivity index (χ0) is 12.8. The summed E-state index contributed by atoms with van der Waals surface area (Å²) < 4.78 is 0. The molecule has 0 saturated heterocycles. The molecule has 4 N–H and O–H groups in total. The van der Waals surface area contributed by atoms with Gasteiger partial charge in [0.2, 0.25) is 0 Å². The fourth-order valence-corrected chi connectivity index (χ4v) is 1.42. The van der Waals surface area contributed by atoms with Crippen LogP contribution in [0.25, 0.3) is 5.43 Å². The van der Waals surface area contributed by atoms with Gasteiger partial charge in [-0.25, -0.2) is 0 Å². The third-order valence-electron chi connectivity index (χ3n) is 2.33. The largest absolute Gasteiger partial charge is 2.00 e. The molecule has 0 bridgehead atoms. The average molecular weight is 324 g/mol. The van der Waals surface area contributed by atoms with Gasteiger partial charge in [0.05, 0.1) is 0 Å². The van der Waals surface area contributed by atoms with Crippen molar-refractivity contribution in [2.75, 3.05) is 0 Å². The molecule has 0 saturated carbocycles. The maximum absolute atomic E-state index is 9.70. The maximum atomic E-state index is 9.70. The molecule has 0 fully saturated rings. The Bertz CT molecular complexity index is 574. The maximum Gasteiger partial charge on any atom is 2.00 e. The summed E-state index contributed by atoms with van der Waals surface area (Å²) in [6.45, 7) is 0. The minimum atomic E-state index is -0.257. The third-order valence-corrected chi connectivity index (χ3v) is 2.33. The number of nitrogens with zero attached hydrogens (tertiary/aromatic N) is 2. The van der Waals surface area contributed by atoms with Gasteiger partial charge in [0.1, 0.15) is 0 Å². The van der Waals surface area contributed by atoms with Crippen molar-refractivity contribution in [2.45, 2.75) is 0 Å². The van der Waals surface area contributed by atoms with Gasteiger partial charge >= 0.3 is 19.5 Å². The molecule has 2 aromatic rings. The van der Waals surface area contributed by atoms with E-state index in [1.165, 1.54) is 0 Å². The second-order valence-corrected chi connectivity index (χ2v) is 3.62. The molecule has 98 valence electrons. The Hall–Kier alpha value is -2.04. The SMILES string of the molecule is [OH+]=C([N-]N=Cc1ccccc1)c1ccccc1[OH2+].[OH-].[Zn+2]. The van der Waals surface area contributed by atoms with Gasteiger partial charge in [-0.2, -0.15) is 0 Å². The molecule has 1 amide bonds. The van der Waals surface area contributed by atoms with Crippen LogP contribution in [0.1, 0.15) is 11.1 Å². The Morgan fingerprint density at radius 2 is 1.65 bits per heavy atom. The Labute approximate surface area is 129 Å². The predicted molar refractivity (Wildman–Crippen MR) is 74.9 cm³/mol. The van der Waals surface area contributed by atoms with E-state index in [4.69, 9.17) is 5.11 Å². The fourth-order valence-electron chi connectivity index (χ4n) is 1.42. The first-order valence-corrected chi connectivity index (χ1v) is 5.43. The van der Waals surface area contributed by atoms with Gasteiger partial charge in [0, 0.05) is 12.3 Å². The summed E-state index contributed by atoms with van der Waals surface area (Å²) >= 11 is 0. The van der Waals surface area contributed by atoms with Crippen LogP contribution in [-0.2, 0) is 19.5 Å². The first-order chi connectivity index (χ1) is 8.77. The zero-order valence-electron chi connectivity index (χ0n) is 10.8. The van der Waals surface area contributed by atoms with E-state index in [2.05, 4.69) is 10.5 Å². The first-order valence-electron chi connectivity index (χ1n) is 5.43. The number of hydrogen-bond acceptors (Lipinski definition) is 2. The van der Waals surface area contributed by atoms with E-state index >= 15 is 0 Å². The Morgan fingerprint density at radius 1 is 1.05 bits per heavy atom. The first kappa shape index (κ1) is 18.0. The molecule has 0 aliphatic carbocycles. The molecule has 0 spiro atoms. The van der Waals surface area contributed by atoms with E-state index in [0.717, 1.165) is 5.56 Å². The monoisotopic (exact) mass is 322 g/mol. The Morgan fingerprint density at radius 3 is 2.30 bits per heavy atom. The van der Waals surface area contributed by atoms with Crippen LogP contribution in [0.4, 0.5) is 0 Å². The number of benzene rings is 2. The molecule has 0 atom stereocenters. The Balaban J connectivity index is 0.00000180. The van der Waals surface area contributed by atoms with Gasteiger partial charge in [-0.15, -0.1) is 0 Å².